The molecule has 0 radical (unpaired) electrons. The Balaban J connectivity index is 1.56. The standard InChI is InChI=1S/C32H32F2N6O4S/c1-6-40(30-37-27(26(18-35)45-30)19-7-9-20(33)10-8-19)25-17-24(29(41)43-5)36-28-22(25)15-21(16-23(28)34)38-11-13-39(14-12-38)31(42)44-32(2,3)4/h7-10,15-17H,6,11-14H2,1-5H3. The van der Waals surface area contributed by atoms with Crippen molar-refractivity contribution in [3.05, 3.63) is 64.7 Å². The summed E-state index contributed by atoms with van der Waals surface area (Å²) in [6.45, 7) is 9.33. The van der Waals surface area contributed by atoms with Crippen molar-refractivity contribution in [2.75, 3.05) is 49.6 Å². The summed E-state index contributed by atoms with van der Waals surface area (Å²) >= 11 is 1.13. The molecule has 0 saturated carbocycles. The highest BCUT2D eigenvalue weighted by Gasteiger charge is 2.28. The fourth-order valence-corrected chi connectivity index (χ4v) is 6.02. The molecule has 0 aliphatic carbocycles. The van der Waals surface area contributed by atoms with Gasteiger partial charge < -0.3 is 24.2 Å². The van der Waals surface area contributed by atoms with Crippen LogP contribution < -0.4 is 9.80 Å². The summed E-state index contributed by atoms with van der Waals surface area (Å²) in [5.74, 6) is -1.78. The van der Waals surface area contributed by atoms with E-state index < -0.39 is 29.3 Å². The van der Waals surface area contributed by atoms with Gasteiger partial charge >= 0.3 is 12.1 Å². The third-order valence-corrected chi connectivity index (χ3v) is 8.18. The van der Waals surface area contributed by atoms with Gasteiger partial charge in [-0.2, -0.15) is 5.26 Å². The highest BCUT2D eigenvalue weighted by molar-refractivity contribution is 7.16. The number of ether oxygens (including phenoxy) is 2. The lowest BCUT2D eigenvalue weighted by molar-refractivity contribution is 0.0240. The van der Waals surface area contributed by atoms with E-state index in [-0.39, 0.29) is 11.2 Å². The van der Waals surface area contributed by atoms with Gasteiger partial charge in [-0.3, -0.25) is 0 Å². The van der Waals surface area contributed by atoms with Gasteiger partial charge in [0.1, 0.15) is 33.6 Å². The van der Waals surface area contributed by atoms with E-state index in [0.29, 0.717) is 70.8 Å². The first-order chi connectivity index (χ1) is 21.4. The molecule has 1 aliphatic rings. The van der Waals surface area contributed by atoms with Crippen LogP contribution in [0.5, 0.6) is 0 Å². The molecule has 0 atom stereocenters. The van der Waals surface area contributed by atoms with Crippen LogP contribution in [0.25, 0.3) is 22.2 Å². The minimum atomic E-state index is -0.736. The number of piperazine rings is 1. The van der Waals surface area contributed by atoms with E-state index in [1.165, 1.54) is 31.4 Å². The number of aromatic nitrogens is 2. The van der Waals surface area contributed by atoms with Crippen molar-refractivity contribution >= 4 is 50.8 Å². The molecule has 4 aromatic rings. The summed E-state index contributed by atoms with van der Waals surface area (Å²) in [6.07, 6.45) is -0.396. The van der Waals surface area contributed by atoms with Gasteiger partial charge in [0.25, 0.3) is 0 Å². The SMILES string of the molecule is CCN(c1nc(-c2ccc(F)cc2)c(C#N)s1)c1cc(C(=O)OC)nc2c(F)cc(N3CCN(C(=O)OC(C)(C)C)CC3)cc12. The van der Waals surface area contributed by atoms with Gasteiger partial charge in [-0.1, -0.05) is 11.3 Å². The smallest absolute Gasteiger partial charge is 0.410 e. The molecule has 0 bridgehead atoms. The zero-order chi connectivity index (χ0) is 32.5. The zero-order valence-corrected chi connectivity index (χ0v) is 26.4. The molecule has 0 spiro atoms. The molecule has 2 aromatic carbocycles. The molecule has 45 heavy (non-hydrogen) atoms. The van der Waals surface area contributed by atoms with Crippen LogP contribution in [0.3, 0.4) is 0 Å². The van der Waals surface area contributed by atoms with Gasteiger partial charge in [0, 0.05) is 49.4 Å². The number of fused-ring (bicyclic) bond motifs is 1. The van der Waals surface area contributed by atoms with E-state index in [2.05, 4.69) is 11.1 Å². The molecule has 1 aliphatic heterocycles. The van der Waals surface area contributed by atoms with Crippen LogP contribution in [-0.2, 0) is 9.47 Å². The van der Waals surface area contributed by atoms with Gasteiger partial charge in [-0.15, -0.1) is 0 Å². The van der Waals surface area contributed by atoms with Crippen LogP contribution in [-0.4, -0.2) is 72.4 Å². The number of esters is 1. The van der Waals surface area contributed by atoms with Gasteiger partial charge in [0.15, 0.2) is 16.6 Å². The second-order valence-corrected chi connectivity index (χ2v) is 12.3. The van der Waals surface area contributed by atoms with E-state index in [4.69, 9.17) is 14.5 Å². The largest absolute Gasteiger partial charge is 0.464 e. The molecule has 0 unspecified atom stereocenters. The maximum atomic E-state index is 15.8. The summed E-state index contributed by atoms with van der Waals surface area (Å²) in [5, 5.41) is 10.7. The maximum absolute atomic E-state index is 15.8. The normalized spacial score (nSPS) is 13.5. The number of carbonyl (C=O) groups is 2. The first-order valence-electron chi connectivity index (χ1n) is 14.3. The van der Waals surface area contributed by atoms with Crippen LogP contribution in [0.4, 0.5) is 30.1 Å². The number of methoxy groups -OCH3 is 1. The van der Waals surface area contributed by atoms with E-state index in [1.54, 1.807) is 28.0 Å². The van der Waals surface area contributed by atoms with Crippen LogP contribution in [0.1, 0.15) is 43.1 Å². The van der Waals surface area contributed by atoms with Crippen molar-refractivity contribution in [1.29, 1.82) is 5.26 Å². The molecule has 10 nitrogen and oxygen atoms in total. The molecule has 5 rings (SSSR count). The number of nitriles is 1. The number of carbonyl (C=O) groups excluding carboxylic acids is 2. The Morgan fingerprint density at radius 2 is 1.76 bits per heavy atom. The van der Waals surface area contributed by atoms with Crippen LogP contribution in [0.2, 0.25) is 0 Å². The van der Waals surface area contributed by atoms with Gasteiger partial charge in [-0.05, 0) is 70.2 Å². The Hall–Kier alpha value is -4.83. The Kier molecular flexibility index (Phi) is 8.88. The molecular formula is C32H32F2N6O4S. The van der Waals surface area contributed by atoms with Crippen molar-refractivity contribution < 1.29 is 27.8 Å². The summed E-state index contributed by atoms with van der Waals surface area (Å²) < 4.78 is 39.8. The third kappa shape index (κ3) is 6.66. The van der Waals surface area contributed by atoms with Gasteiger partial charge in [0.2, 0.25) is 0 Å². The number of nitrogens with zero attached hydrogens (tertiary/aromatic N) is 6. The van der Waals surface area contributed by atoms with Crippen molar-refractivity contribution in [2.45, 2.75) is 33.3 Å². The van der Waals surface area contributed by atoms with Crippen LogP contribution >= 0.6 is 11.3 Å². The first kappa shape index (κ1) is 31.6. The third-order valence-electron chi connectivity index (χ3n) is 7.19. The van der Waals surface area contributed by atoms with Crippen LogP contribution in [0.15, 0.2) is 42.5 Å². The summed E-state index contributed by atoms with van der Waals surface area (Å²) in [6, 6.07) is 12.5. The predicted octanol–water partition coefficient (Wildman–Crippen LogP) is 6.51. The lowest BCUT2D eigenvalue weighted by Crippen LogP contribution is -2.50. The minimum absolute atomic E-state index is 0.0293. The summed E-state index contributed by atoms with van der Waals surface area (Å²) in [7, 11) is 1.22. The van der Waals surface area contributed by atoms with Crippen LogP contribution in [0, 0.1) is 23.0 Å². The quantitative estimate of drug-likeness (QED) is 0.219. The second kappa shape index (κ2) is 12.6. The molecular weight excluding hydrogens is 602 g/mol. The van der Waals surface area contributed by atoms with Crippen molar-refractivity contribution in [2.24, 2.45) is 0 Å². The number of pyridine rings is 1. The fourth-order valence-electron chi connectivity index (χ4n) is 5.05. The number of benzene rings is 2. The molecule has 0 N–H and O–H groups in total. The average molecular weight is 635 g/mol. The summed E-state index contributed by atoms with van der Waals surface area (Å²) in [4.78, 5) is 39.9. The Bertz CT molecular complexity index is 1790. The highest BCUT2D eigenvalue weighted by Crippen LogP contribution is 2.40. The number of anilines is 3. The molecule has 2 aromatic heterocycles. The Morgan fingerprint density at radius 3 is 2.36 bits per heavy atom. The maximum Gasteiger partial charge on any atom is 0.410 e. The first-order valence-corrected chi connectivity index (χ1v) is 15.1. The van der Waals surface area contributed by atoms with E-state index >= 15 is 4.39 Å². The molecule has 234 valence electrons. The predicted molar refractivity (Wildman–Crippen MR) is 168 cm³/mol. The average Bonchev–Trinajstić information content (AvgIpc) is 3.44. The molecule has 1 fully saturated rings. The Labute approximate surface area is 263 Å². The number of hydrogen-bond donors (Lipinski definition) is 0. The van der Waals surface area contributed by atoms with E-state index in [0.717, 1.165) is 11.3 Å². The summed E-state index contributed by atoms with van der Waals surface area (Å²) in [5.41, 5.74) is 1.25. The zero-order valence-electron chi connectivity index (χ0n) is 25.6. The Morgan fingerprint density at radius 1 is 1.07 bits per heavy atom. The number of halogens is 2. The molecule has 1 saturated heterocycles. The fraction of sp³-hybridized carbons (Fsp3) is 0.344. The van der Waals surface area contributed by atoms with E-state index in [9.17, 15) is 19.2 Å². The van der Waals surface area contributed by atoms with Gasteiger partial charge in [0.05, 0.1) is 12.8 Å². The lowest BCUT2D eigenvalue weighted by atomic mass is 10.1. The van der Waals surface area contributed by atoms with E-state index in [1.807, 2.05) is 32.6 Å². The minimum Gasteiger partial charge on any atom is -0.464 e. The number of hydrogen-bond acceptors (Lipinski definition) is 10. The van der Waals surface area contributed by atoms with Crippen molar-refractivity contribution in [3.8, 4) is 17.3 Å². The number of amides is 1. The monoisotopic (exact) mass is 634 g/mol. The highest BCUT2D eigenvalue weighted by atomic mass is 32.1. The molecule has 13 heteroatoms. The van der Waals surface area contributed by atoms with Crippen molar-refractivity contribution in [1.82, 2.24) is 14.9 Å². The van der Waals surface area contributed by atoms with Crippen molar-refractivity contribution in [3.63, 3.8) is 0 Å². The second-order valence-electron chi connectivity index (χ2n) is 11.3. The molecule has 3 heterocycles. The van der Waals surface area contributed by atoms with Gasteiger partial charge in [-0.25, -0.2) is 28.3 Å². The topological polar surface area (TPSA) is 112 Å². The number of thiazole rings is 1. The lowest BCUT2D eigenvalue weighted by Gasteiger charge is -2.37. The number of rotatable bonds is 6. The molecule has 1 amide bonds.